The zero-order valence-corrected chi connectivity index (χ0v) is 40.6. The molecule has 6 aromatic rings. The van der Waals surface area contributed by atoms with Gasteiger partial charge in [0.1, 0.15) is 35.7 Å². The van der Waals surface area contributed by atoms with Crippen molar-refractivity contribution in [2.75, 3.05) is 42.8 Å². The number of benzene rings is 4. The summed E-state index contributed by atoms with van der Waals surface area (Å²) in [5, 5.41) is 20.1. The zero-order chi connectivity index (χ0) is 48.7. The Labute approximate surface area is 403 Å². The number of rotatable bonds is 11. The van der Waals surface area contributed by atoms with E-state index in [4.69, 9.17) is 4.74 Å². The molecular formula is C54H57N7O7S. The van der Waals surface area contributed by atoms with Gasteiger partial charge < -0.3 is 28.8 Å². The van der Waals surface area contributed by atoms with Crippen molar-refractivity contribution in [1.29, 1.82) is 5.26 Å². The second-order valence-corrected chi connectivity index (χ2v) is 20.8. The van der Waals surface area contributed by atoms with Crippen LogP contribution in [0, 0.1) is 25.2 Å². The van der Waals surface area contributed by atoms with Gasteiger partial charge in [0.2, 0.25) is 5.91 Å². The molecular weight excluding hydrogens is 891 g/mol. The second kappa shape index (κ2) is 19.1. The predicted octanol–water partition coefficient (Wildman–Crippen LogP) is 7.37. The average Bonchev–Trinajstić information content (AvgIpc) is 3.80. The Hall–Kier alpha value is -7.15. The fraction of sp³-hybridized carbons (Fsp3) is 0.333. The lowest BCUT2D eigenvalue weighted by Gasteiger charge is -2.36. The minimum absolute atomic E-state index is 0.0335. The smallest absolute Gasteiger partial charge is 0.264 e. The van der Waals surface area contributed by atoms with Crippen molar-refractivity contribution >= 4 is 38.9 Å². The minimum atomic E-state index is -3.04. The largest absolute Gasteiger partial charge is 0.508 e. The molecule has 3 aliphatic heterocycles. The SMILES string of the molecule is Cc1c(N(C(=O)c2cc(-c3cc4c(cc3C(=O)N3Cc5ccccc5C[C@H]3C)CN(C(=O)Cc3ccc(OCCN5CCCS(=O)(=O)C5)cc3)CC4)n(C)c2C)c2ccc(O)cc2)cc(C#N)n1C. The molecule has 3 amide bonds. The number of sulfone groups is 1. The molecule has 0 saturated carbocycles. The van der Waals surface area contributed by atoms with Crippen LogP contribution in [0.4, 0.5) is 11.4 Å². The number of phenols is 1. The number of carbonyl (C=O) groups is 3. The van der Waals surface area contributed by atoms with E-state index in [2.05, 4.69) is 31.2 Å². The number of hydrogen-bond donors (Lipinski definition) is 1. The van der Waals surface area contributed by atoms with E-state index in [-0.39, 0.29) is 47.6 Å². The lowest BCUT2D eigenvalue weighted by Crippen LogP contribution is -2.43. The lowest BCUT2D eigenvalue weighted by molar-refractivity contribution is -0.131. The van der Waals surface area contributed by atoms with E-state index >= 15 is 9.59 Å². The first-order chi connectivity index (χ1) is 33.1. The predicted molar refractivity (Wildman–Crippen MR) is 264 cm³/mol. The summed E-state index contributed by atoms with van der Waals surface area (Å²) in [6.45, 7) is 8.68. The fourth-order valence-corrected chi connectivity index (χ4v) is 11.5. The number of aromatic nitrogens is 2. The van der Waals surface area contributed by atoms with Crippen LogP contribution in [0.5, 0.6) is 11.5 Å². The van der Waals surface area contributed by atoms with Crippen molar-refractivity contribution in [1.82, 2.24) is 23.8 Å². The van der Waals surface area contributed by atoms with Crippen LogP contribution in [0.2, 0.25) is 0 Å². The molecule has 0 radical (unpaired) electrons. The Balaban J connectivity index is 1.01. The highest BCUT2D eigenvalue weighted by atomic mass is 32.2. The number of phenolic OH excluding ortho intramolecular Hbond substituents is 1. The summed E-state index contributed by atoms with van der Waals surface area (Å²) in [7, 11) is 0.636. The number of aromatic hydroxyl groups is 1. The Kier molecular flexibility index (Phi) is 13.0. The molecule has 0 spiro atoms. The van der Waals surface area contributed by atoms with Gasteiger partial charge in [0.25, 0.3) is 11.8 Å². The summed E-state index contributed by atoms with van der Waals surface area (Å²) in [4.78, 5) is 51.4. The molecule has 1 N–H and O–H groups in total. The van der Waals surface area contributed by atoms with Crippen molar-refractivity contribution in [2.24, 2.45) is 14.1 Å². The molecule has 15 heteroatoms. The van der Waals surface area contributed by atoms with Crippen molar-refractivity contribution < 1.29 is 32.6 Å². The van der Waals surface area contributed by atoms with Crippen LogP contribution < -0.4 is 9.64 Å². The van der Waals surface area contributed by atoms with Crippen LogP contribution in [0.1, 0.15) is 79.0 Å². The van der Waals surface area contributed by atoms with E-state index in [1.165, 1.54) is 17.7 Å². The quantitative estimate of drug-likeness (QED) is 0.140. The molecule has 2 aromatic heterocycles. The first-order valence-electron chi connectivity index (χ1n) is 23.4. The van der Waals surface area contributed by atoms with Crippen molar-refractivity contribution in [3.63, 3.8) is 0 Å². The van der Waals surface area contributed by atoms with Gasteiger partial charge in [-0.1, -0.05) is 36.4 Å². The molecule has 14 nitrogen and oxygen atoms in total. The third-order valence-electron chi connectivity index (χ3n) is 14.2. The van der Waals surface area contributed by atoms with Gasteiger partial charge in [0.05, 0.1) is 23.4 Å². The van der Waals surface area contributed by atoms with Gasteiger partial charge in [-0.25, -0.2) is 8.42 Å². The van der Waals surface area contributed by atoms with Crippen LogP contribution >= 0.6 is 0 Å². The van der Waals surface area contributed by atoms with Crippen molar-refractivity contribution in [3.05, 3.63) is 153 Å². The van der Waals surface area contributed by atoms with Crippen molar-refractivity contribution in [3.8, 4) is 28.8 Å². The van der Waals surface area contributed by atoms with E-state index in [1.54, 1.807) is 34.7 Å². The summed E-state index contributed by atoms with van der Waals surface area (Å²) in [5.74, 6) is 0.487. The summed E-state index contributed by atoms with van der Waals surface area (Å²) >= 11 is 0. The third kappa shape index (κ3) is 9.51. The molecule has 4 aromatic carbocycles. The van der Waals surface area contributed by atoms with Gasteiger partial charge >= 0.3 is 0 Å². The van der Waals surface area contributed by atoms with Crippen LogP contribution in [-0.2, 0) is 61.1 Å². The van der Waals surface area contributed by atoms with E-state index in [0.29, 0.717) is 109 Å². The molecule has 5 heterocycles. The Morgan fingerprint density at radius 2 is 1.58 bits per heavy atom. The normalized spacial score (nSPS) is 16.6. The minimum Gasteiger partial charge on any atom is -0.508 e. The Bertz CT molecular complexity index is 3130. The molecule has 0 unspecified atom stereocenters. The number of carbonyl (C=O) groups excluding carboxylic acids is 3. The van der Waals surface area contributed by atoms with Gasteiger partial charge in [-0.05, 0) is 129 Å². The number of fused-ring (bicyclic) bond motifs is 2. The van der Waals surface area contributed by atoms with Crippen molar-refractivity contribution in [2.45, 2.75) is 65.6 Å². The van der Waals surface area contributed by atoms with Gasteiger partial charge in [-0.2, -0.15) is 5.26 Å². The van der Waals surface area contributed by atoms with E-state index in [9.17, 15) is 23.6 Å². The Morgan fingerprint density at radius 3 is 2.29 bits per heavy atom. The number of amides is 3. The molecule has 1 fully saturated rings. The number of hydrogen-bond acceptors (Lipinski definition) is 9. The fourth-order valence-electron chi connectivity index (χ4n) is 9.97. The number of nitrogens with zero attached hydrogens (tertiary/aromatic N) is 7. The first kappa shape index (κ1) is 46.9. The van der Waals surface area contributed by atoms with Crippen LogP contribution in [0.25, 0.3) is 11.3 Å². The van der Waals surface area contributed by atoms with Crippen LogP contribution in [-0.4, -0.2) is 99.0 Å². The third-order valence-corrected chi connectivity index (χ3v) is 15.9. The van der Waals surface area contributed by atoms with E-state index in [0.717, 1.165) is 28.8 Å². The highest BCUT2D eigenvalue weighted by molar-refractivity contribution is 7.91. The van der Waals surface area contributed by atoms with E-state index in [1.807, 2.05) is 88.7 Å². The van der Waals surface area contributed by atoms with E-state index < -0.39 is 9.84 Å². The van der Waals surface area contributed by atoms with Crippen LogP contribution in [0.15, 0.2) is 97.1 Å². The molecule has 3 aliphatic rings. The summed E-state index contributed by atoms with van der Waals surface area (Å²) < 4.78 is 33.6. The topological polar surface area (TPSA) is 161 Å². The monoisotopic (exact) mass is 947 g/mol. The summed E-state index contributed by atoms with van der Waals surface area (Å²) in [6, 6.07) is 31.7. The Morgan fingerprint density at radius 1 is 0.841 bits per heavy atom. The highest BCUT2D eigenvalue weighted by Gasteiger charge is 2.34. The van der Waals surface area contributed by atoms with Gasteiger partial charge in [0.15, 0.2) is 9.84 Å². The molecule has 356 valence electrons. The summed E-state index contributed by atoms with van der Waals surface area (Å²) in [6.07, 6.45) is 2.10. The summed E-state index contributed by atoms with van der Waals surface area (Å²) in [5.41, 5.74) is 10.2. The first-order valence-corrected chi connectivity index (χ1v) is 25.2. The molecule has 0 aliphatic carbocycles. The molecule has 1 saturated heterocycles. The molecule has 0 bridgehead atoms. The highest BCUT2D eigenvalue weighted by Crippen LogP contribution is 2.38. The number of ether oxygens (including phenoxy) is 1. The number of anilines is 2. The lowest BCUT2D eigenvalue weighted by atomic mass is 9.89. The average molecular weight is 948 g/mol. The van der Waals surface area contributed by atoms with Gasteiger partial charge in [-0.15, -0.1) is 0 Å². The van der Waals surface area contributed by atoms with Crippen LogP contribution in [0.3, 0.4) is 0 Å². The number of nitriles is 1. The maximum atomic E-state index is 15.2. The maximum absolute atomic E-state index is 15.2. The molecule has 9 rings (SSSR count). The van der Waals surface area contributed by atoms with Gasteiger partial charge in [-0.3, -0.25) is 24.2 Å². The maximum Gasteiger partial charge on any atom is 0.264 e. The standard InChI is InChI=1S/C54H57N7O7S/c1-35-25-39-9-6-7-10-41(39)33-60(35)53(64)49-28-42-32-59(52(63)26-38-11-17-46(18-12-38)68-23-22-58-20-8-24-69(66,67)34-58)21-19-40(42)27-48(49)51-30-47(36(2)57(51)5)54(65)61(43-13-15-45(62)16-14-43)50-29-44(31-55)56(4)37(50)3/h6-7,9-18,27-30,35,62H,8,19-26,32-34H2,1-5H3/t35-/m1/s1. The zero-order valence-electron chi connectivity index (χ0n) is 39.7. The molecule has 1 atom stereocenters. The van der Waals surface area contributed by atoms with Gasteiger partial charge in [0, 0.05) is 86.8 Å². The molecule has 69 heavy (non-hydrogen) atoms. The second-order valence-electron chi connectivity index (χ2n) is 18.6.